The molecule has 6 nitrogen and oxygen atoms in total. The van der Waals surface area contributed by atoms with Gasteiger partial charge in [-0.15, -0.1) is 0 Å². The summed E-state index contributed by atoms with van der Waals surface area (Å²) < 4.78 is 16.7. The largest absolute Gasteiger partial charge is 0.462 e. The predicted molar refractivity (Wildman–Crippen MR) is 306 cm³/mol. The molecule has 0 saturated carbocycles. The molecule has 0 fully saturated rings. The number of allylic oxidation sites excluding steroid dienone is 20. The molecule has 1 unspecified atom stereocenters. The molecule has 6 heteroatoms. The van der Waals surface area contributed by atoms with E-state index < -0.39 is 12.1 Å². The summed E-state index contributed by atoms with van der Waals surface area (Å²) in [5, 5.41) is 0. The molecule has 0 aromatic carbocycles. The Morgan fingerprint density at radius 1 is 0.296 bits per heavy atom. The first kappa shape index (κ1) is 66.8. The van der Waals surface area contributed by atoms with E-state index in [9.17, 15) is 14.4 Å². The molecule has 1 atom stereocenters. The molecule has 0 aliphatic carbocycles. The minimum absolute atomic E-state index is 0.111. The van der Waals surface area contributed by atoms with E-state index in [1.165, 1.54) is 96.3 Å². The summed E-state index contributed by atoms with van der Waals surface area (Å²) in [6.07, 6.45) is 80.8. The van der Waals surface area contributed by atoms with Crippen molar-refractivity contribution in [3.63, 3.8) is 0 Å². The molecule has 0 aromatic heterocycles. The lowest BCUT2D eigenvalue weighted by atomic mass is 10.0. The molecule has 0 amide bonds. The number of carbonyl (C=O) groups excluding carboxylic acids is 3. The summed E-state index contributed by atoms with van der Waals surface area (Å²) >= 11 is 0. The SMILES string of the molecule is CC/C=C\C/C=C\C/C=C\C/C=C\C/C=C\CCCCCCCCCCCCCCCC(=O)OCC(COC(=O)CCCCCCC/C=C\CCCC)OC(=O)CC/C=C\C/C=C\C/C=C\C/C=C\CC. The fourth-order valence-electron chi connectivity index (χ4n) is 7.64. The van der Waals surface area contributed by atoms with E-state index >= 15 is 0 Å². The fourth-order valence-corrected chi connectivity index (χ4v) is 7.64. The van der Waals surface area contributed by atoms with Gasteiger partial charge in [0.1, 0.15) is 13.2 Å². The second-order valence-electron chi connectivity index (χ2n) is 18.8. The first-order chi connectivity index (χ1) is 35.0. The van der Waals surface area contributed by atoms with Crippen LogP contribution in [0.15, 0.2) is 122 Å². The van der Waals surface area contributed by atoms with E-state index in [0.717, 1.165) is 109 Å². The second kappa shape index (κ2) is 58.4. The van der Waals surface area contributed by atoms with Gasteiger partial charge in [0.25, 0.3) is 0 Å². The fraction of sp³-hybridized carbons (Fsp3) is 0.646. The van der Waals surface area contributed by atoms with Crippen molar-refractivity contribution in [1.29, 1.82) is 0 Å². The zero-order chi connectivity index (χ0) is 51.4. The second-order valence-corrected chi connectivity index (χ2v) is 18.8. The molecule has 0 aromatic rings. The molecule has 0 rings (SSSR count). The van der Waals surface area contributed by atoms with E-state index in [2.05, 4.69) is 130 Å². The number of ether oxygens (including phenoxy) is 3. The molecule has 0 bridgehead atoms. The van der Waals surface area contributed by atoms with Gasteiger partial charge < -0.3 is 14.2 Å². The lowest BCUT2D eigenvalue weighted by Crippen LogP contribution is -2.30. The Kier molecular flexibility index (Phi) is 54.9. The Balaban J connectivity index is 4.24. The first-order valence-corrected chi connectivity index (χ1v) is 29.0. The van der Waals surface area contributed by atoms with Crippen LogP contribution in [-0.2, 0) is 28.6 Å². The molecule has 0 aliphatic rings. The molecule has 0 saturated heterocycles. The lowest BCUT2D eigenvalue weighted by molar-refractivity contribution is -0.166. The van der Waals surface area contributed by atoms with Gasteiger partial charge in [0.05, 0.1) is 0 Å². The number of hydrogen-bond donors (Lipinski definition) is 0. The molecular formula is C65H106O6. The summed E-state index contributed by atoms with van der Waals surface area (Å²) in [6.45, 7) is 6.29. The van der Waals surface area contributed by atoms with Crippen molar-refractivity contribution >= 4 is 17.9 Å². The average Bonchev–Trinajstić information content (AvgIpc) is 3.37. The van der Waals surface area contributed by atoms with Gasteiger partial charge in [-0.2, -0.15) is 0 Å². The first-order valence-electron chi connectivity index (χ1n) is 29.0. The molecule has 0 radical (unpaired) electrons. The van der Waals surface area contributed by atoms with Gasteiger partial charge in [-0.05, 0) is 109 Å². The quantitative estimate of drug-likeness (QED) is 0.0261. The van der Waals surface area contributed by atoms with Crippen molar-refractivity contribution in [1.82, 2.24) is 0 Å². The highest BCUT2D eigenvalue weighted by Gasteiger charge is 2.19. The average molecular weight is 984 g/mol. The van der Waals surface area contributed by atoms with E-state index in [1.807, 2.05) is 12.2 Å². The Morgan fingerprint density at radius 3 is 0.930 bits per heavy atom. The minimum Gasteiger partial charge on any atom is -0.462 e. The molecular weight excluding hydrogens is 877 g/mol. The molecule has 402 valence electrons. The van der Waals surface area contributed by atoms with Crippen LogP contribution in [0.3, 0.4) is 0 Å². The minimum atomic E-state index is -0.821. The number of esters is 3. The standard InChI is InChI=1S/C65H106O6/c1-4-7-10-13-16-19-22-24-25-26-27-28-29-30-31-32-33-34-35-36-37-38-39-41-43-46-49-52-55-58-64(67)70-61-62(60-69-63(66)57-54-51-48-45-42-21-18-15-12-9-6-3)71-65(68)59-56-53-50-47-44-40-23-20-17-14-11-8-5-2/h7-8,10-11,15-20,24-25,27-28,30-31,40,44,50,53,62H,4-6,9,12-14,21-23,26,29,32-39,41-43,45-49,51-52,54-61H2,1-3H3/b10-7-,11-8-,18-15-,19-16-,20-17-,25-24-,28-27-,31-30-,44-40-,53-50-. The summed E-state index contributed by atoms with van der Waals surface area (Å²) in [7, 11) is 0. The van der Waals surface area contributed by atoms with Crippen molar-refractivity contribution in [2.24, 2.45) is 0 Å². The van der Waals surface area contributed by atoms with Gasteiger partial charge in [-0.25, -0.2) is 0 Å². The van der Waals surface area contributed by atoms with Crippen molar-refractivity contribution in [2.45, 2.75) is 258 Å². The smallest absolute Gasteiger partial charge is 0.306 e. The third kappa shape index (κ3) is 56.6. The zero-order valence-corrected chi connectivity index (χ0v) is 45.9. The highest BCUT2D eigenvalue weighted by molar-refractivity contribution is 5.71. The van der Waals surface area contributed by atoms with Crippen LogP contribution < -0.4 is 0 Å². The van der Waals surface area contributed by atoms with Gasteiger partial charge in [-0.3, -0.25) is 14.4 Å². The van der Waals surface area contributed by atoms with Crippen molar-refractivity contribution in [3.05, 3.63) is 122 Å². The molecule has 0 aliphatic heterocycles. The normalized spacial score (nSPS) is 13.0. The molecule has 0 heterocycles. The zero-order valence-electron chi connectivity index (χ0n) is 45.9. The third-order valence-corrected chi connectivity index (χ3v) is 11.9. The van der Waals surface area contributed by atoms with E-state index in [4.69, 9.17) is 14.2 Å². The summed E-state index contributed by atoms with van der Waals surface area (Å²) in [5.41, 5.74) is 0. The topological polar surface area (TPSA) is 78.9 Å². The number of unbranched alkanes of at least 4 members (excludes halogenated alkanes) is 20. The van der Waals surface area contributed by atoms with Crippen LogP contribution in [0.1, 0.15) is 252 Å². The van der Waals surface area contributed by atoms with Crippen molar-refractivity contribution in [3.8, 4) is 0 Å². The van der Waals surface area contributed by atoms with E-state index in [-0.39, 0.29) is 31.6 Å². The Bertz CT molecular complexity index is 1500. The highest BCUT2D eigenvalue weighted by Crippen LogP contribution is 2.15. The Hall–Kier alpha value is -4.19. The third-order valence-electron chi connectivity index (χ3n) is 11.9. The van der Waals surface area contributed by atoms with Gasteiger partial charge >= 0.3 is 17.9 Å². The maximum atomic E-state index is 12.8. The van der Waals surface area contributed by atoms with Gasteiger partial charge in [0.2, 0.25) is 0 Å². The van der Waals surface area contributed by atoms with Gasteiger partial charge in [0.15, 0.2) is 6.10 Å². The maximum Gasteiger partial charge on any atom is 0.306 e. The van der Waals surface area contributed by atoms with Gasteiger partial charge in [-0.1, -0.05) is 245 Å². The predicted octanol–water partition coefficient (Wildman–Crippen LogP) is 19.6. The Morgan fingerprint density at radius 2 is 0.577 bits per heavy atom. The summed E-state index contributed by atoms with van der Waals surface area (Å²) in [5.74, 6) is -1.01. The van der Waals surface area contributed by atoms with Crippen LogP contribution in [-0.4, -0.2) is 37.2 Å². The monoisotopic (exact) mass is 983 g/mol. The Labute approximate surface area is 437 Å². The summed E-state index contributed by atoms with van der Waals surface area (Å²) in [6, 6.07) is 0. The molecule has 0 spiro atoms. The lowest BCUT2D eigenvalue weighted by Gasteiger charge is -2.18. The van der Waals surface area contributed by atoms with Crippen LogP contribution >= 0.6 is 0 Å². The highest BCUT2D eigenvalue weighted by atomic mass is 16.6. The molecule has 0 N–H and O–H groups in total. The maximum absolute atomic E-state index is 12.8. The number of rotatable bonds is 51. The van der Waals surface area contributed by atoms with Crippen LogP contribution in [0.4, 0.5) is 0 Å². The number of carbonyl (C=O) groups is 3. The van der Waals surface area contributed by atoms with Crippen LogP contribution in [0, 0.1) is 0 Å². The van der Waals surface area contributed by atoms with E-state index in [1.54, 1.807) is 0 Å². The molecule has 71 heavy (non-hydrogen) atoms. The van der Waals surface area contributed by atoms with Crippen LogP contribution in [0.25, 0.3) is 0 Å². The number of hydrogen-bond acceptors (Lipinski definition) is 6. The van der Waals surface area contributed by atoms with Crippen LogP contribution in [0.2, 0.25) is 0 Å². The van der Waals surface area contributed by atoms with E-state index in [0.29, 0.717) is 19.3 Å². The van der Waals surface area contributed by atoms with Crippen LogP contribution in [0.5, 0.6) is 0 Å². The van der Waals surface area contributed by atoms with Crippen molar-refractivity contribution in [2.75, 3.05) is 13.2 Å². The van der Waals surface area contributed by atoms with Gasteiger partial charge in [0, 0.05) is 19.3 Å². The summed E-state index contributed by atoms with van der Waals surface area (Å²) in [4.78, 5) is 38.0. The van der Waals surface area contributed by atoms with Crippen molar-refractivity contribution < 1.29 is 28.6 Å².